The van der Waals surface area contributed by atoms with E-state index in [1.807, 2.05) is 31.1 Å². The molecule has 3 rings (SSSR count). The van der Waals surface area contributed by atoms with Gasteiger partial charge in [-0.3, -0.25) is 4.79 Å². The molecule has 1 aromatic heterocycles. The van der Waals surface area contributed by atoms with Gasteiger partial charge in [-0.25, -0.2) is 14.6 Å². The van der Waals surface area contributed by atoms with Crippen LogP contribution in [0, 0.1) is 0 Å². The fourth-order valence-corrected chi connectivity index (χ4v) is 2.74. The van der Waals surface area contributed by atoms with Crippen LogP contribution in [0.2, 0.25) is 0 Å². The van der Waals surface area contributed by atoms with Gasteiger partial charge >= 0.3 is 5.97 Å². The summed E-state index contributed by atoms with van der Waals surface area (Å²) in [5, 5.41) is 14.6. The molecule has 1 N–H and O–H groups in total. The molecule has 2 heterocycles. The minimum atomic E-state index is -1.05. The topological polar surface area (TPSA) is 105 Å². The van der Waals surface area contributed by atoms with Gasteiger partial charge in [-0.2, -0.15) is 10.1 Å². The van der Waals surface area contributed by atoms with Gasteiger partial charge in [0.1, 0.15) is 18.1 Å². The predicted molar refractivity (Wildman–Crippen MR) is 116 cm³/mol. The number of hydrogen-bond acceptors (Lipinski definition) is 7. The van der Waals surface area contributed by atoms with Crippen LogP contribution in [0.1, 0.15) is 23.0 Å². The summed E-state index contributed by atoms with van der Waals surface area (Å²) in [6.45, 7) is 2.12. The predicted octanol–water partition coefficient (Wildman–Crippen LogP) is 3.35. The van der Waals surface area contributed by atoms with Crippen LogP contribution in [0.4, 0.5) is 11.6 Å². The molecule has 162 valence electrons. The molecule has 1 aliphatic rings. The lowest BCUT2D eigenvalue weighted by molar-refractivity contribution is -0.279. The Hall–Kier alpha value is -3.69. The lowest BCUT2D eigenvalue weighted by atomic mass is 10.1. The number of aromatic carboxylic acids is 1. The molecule has 2 aromatic rings. The molecule has 0 unspecified atom stereocenters. The Labute approximate surface area is 179 Å². The van der Waals surface area contributed by atoms with Crippen LogP contribution < -0.4 is 9.91 Å². The summed E-state index contributed by atoms with van der Waals surface area (Å²) in [5.74, 6) is -0.0605. The number of nitrogens with zero attached hydrogens (tertiary/aromatic N) is 3. The standard InChI is InChI=1S/C22H23N3O6/c1-4-29-30-14-19-18(7-5-6-17-12-13-20(31-17)24(2)3)21(26)25(23-19)16-10-8-15(9-11-16)22(27)28/h5-13H,4,14H2,1-3H3,(H,27,28)/b6-5+,18-7+. The summed E-state index contributed by atoms with van der Waals surface area (Å²) >= 11 is 0. The number of rotatable bonds is 9. The summed E-state index contributed by atoms with van der Waals surface area (Å²) in [4.78, 5) is 35.9. The number of benzene rings is 1. The number of carbonyl (C=O) groups excluding carboxylic acids is 1. The van der Waals surface area contributed by atoms with Crippen molar-refractivity contribution in [2.75, 3.05) is 37.2 Å². The third-order valence-corrected chi connectivity index (χ3v) is 4.29. The number of carboxylic acids is 1. The molecule has 0 radical (unpaired) electrons. The molecular formula is C22H23N3O6. The summed E-state index contributed by atoms with van der Waals surface area (Å²) in [6, 6.07) is 9.55. The van der Waals surface area contributed by atoms with Crippen molar-refractivity contribution in [3.8, 4) is 0 Å². The fraction of sp³-hybridized carbons (Fsp3) is 0.227. The maximum absolute atomic E-state index is 13.0. The van der Waals surface area contributed by atoms with Crippen LogP contribution in [0.5, 0.6) is 0 Å². The first-order valence-corrected chi connectivity index (χ1v) is 9.56. The van der Waals surface area contributed by atoms with Gasteiger partial charge in [-0.1, -0.05) is 6.08 Å². The number of carboxylic acid groups (broad SMARTS) is 1. The highest BCUT2D eigenvalue weighted by atomic mass is 17.2. The van der Waals surface area contributed by atoms with E-state index in [2.05, 4.69) is 5.10 Å². The monoisotopic (exact) mass is 425 g/mol. The maximum atomic E-state index is 13.0. The van der Waals surface area contributed by atoms with Crippen molar-refractivity contribution in [1.82, 2.24) is 0 Å². The first-order valence-electron chi connectivity index (χ1n) is 9.56. The highest BCUT2D eigenvalue weighted by Crippen LogP contribution is 2.25. The van der Waals surface area contributed by atoms with Gasteiger partial charge in [0.15, 0.2) is 5.88 Å². The van der Waals surface area contributed by atoms with Gasteiger partial charge in [0.2, 0.25) is 0 Å². The number of amides is 1. The van der Waals surface area contributed by atoms with Crippen molar-refractivity contribution in [2.45, 2.75) is 6.92 Å². The van der Waals surface area contributed by atoms with Crippen molar-refractivity contribution >= 4 is 35.2 Å². The van der Waals surface area contributed by atoms with Crippen LogP contribution in [0.25, 0.3) is 6.08 Å². The minimum Gasteiger partial charge on any atom is -0.478 e. The Morgan fingerprint density at radius 2 is 1.94 bits per heavy atom. The molecule has 0 saturated carbocycles. The number of hydrazone groups is 1. The van der Waals surface area contributed by atoms with Gasteiger partial charge in [-0.05, 0) is 49.4 Å². The van der Waals surface area contributed by atoms with Crippen LogP contribution in [0.3, 0.4) is 0 Å². The number of anilines is 2. The van der Waals surface area contributed by atoms with Crippen molar-refractivity contribution in [1.29, 1.82) is 0 Å². The molecule has 0 saturated heterocycles. The largest absolute Gasteiger partial charge is 0.478 e. The lowest BCUT2D eigenvalue weighted by Crippen LogP contribution is -2.21. The number of allylic oxidation sites excluding steroid dienone is 2. The highest BCUT2D eigenvalue weighted by molar-refractivity contribution is 6.31. The zero-order valence-corrected chi connectivity index (χ0v) is 17.4. The molecule has 0 bridgehead atoms. The third-order valence-electron chi connectivity index (χ3n) is 4.29. The van der Waals surface area contributed by atoms with Crippen molar-refractivity contribution in [3.63, 3.8) is 0 Å². The smallest absolute Gasteiger partial charge is 0.335 e. The van der Waals surface area contributed by atoms with Gasteiger partial charge in [0.05, 0.1) is 23.4 Å². The maximum Gasteiger partial charge on any atom is 0.335 e. The Kier molecular flexibility index (Phi) is 7.01. The molecule has 1 amide bonds. The average Bonchev–Trinajstić information content (AvgIpc) is 3.34. The van der Waals surface area contributed by atoms with E-state index in [0.29, 0.717) is 35.2 Å². The van der Waals surface area contributed by atoms with Crippen molar-refractivity contribution < 1.29 is 28.9 Å². The summed E-state index contributed by atoms with van der Waals surface area (Å²) in [6.07, 6.45) is 5.05. The zero-order chi connectivity index (χ0) is 22.4. The molecule has 1 aliphatic heterocycles. The summed E-state index contributed by atoms with van der Waals surface area (Å²) in [7, 11) is 3.76. The SMILES string of the molecule is CCOOCC1=NN(c2ccc(C(=O)O)cc2)C(=O)/C1=C/C=C/c1ccc(N(C)C)o1. The molecule has 0 aliphatic carbocycles. The number of hydrogen-bond donors (Lipinski definition) is 1. The molecule has 9 nitrogen and oxygen atoms in total. The second-order valence-electron chi connectivity index (χ2n) is 6.69. The Morgan fingerprint density at radius 3 is 2.55 bits per heavy atom. The number of furan rings is 1. The van der Waals surface area contributed by atoms with E-state index in [1.165, 1.54) is 29.3 Å². The van der Waals surface area contributed by atoms with E-state index in [1.54, 1.807) is 25.2 Å². The van der Waals surface area contributed by atoms with Crippen molar-refractivity contribution in [3.05, 3.63) is 65.4 Å². The summed E-state index contributed by atoms with van der Waals surface area (Å²) in [5.41, 5.74) is 1.28. The lowest BCUT2D eigenvalue weighted by Gasteiger charge is -2.11. The molecule has 1 aromatic carbocycles. The highest BCUT2D eigenvalue weighted by Gasteiger charge is 2.31. The van der Waals surface area contributed by atoms with Gasteiger partial charge in [-0.15, -0.1) is 0 Å². The van der Waals surface area contributed by atoms with Crippen LogP contribution in [-0.4, -0.2) is 50.0 Å². The first kappa shape index (κ1) is 22.0. The Bertz CT molecular complexity index is 1030. The van der Waals surface area contributed by atoms with Gasteiger partial charge < -0.3 is 14.4 Å². The first-order chi connectivity index (χ1) is 14.9. The quantitative estimate of drug-likeness (QED) is 0.284. The second kappa shape index (κ2) is 9.88. The Balaban J connectivity index is 1.83. The van der Waals surface area contributed by atoms with E-state index >= 15 is 0 Å². The zero-order valence-electron chi connectivity index (χ0n) is 17.4. The average molecular weight is 425 g/mol. The molecule has 9 heteroatoms. The normalized spacial score (nSPS) is 15.2. The Morgan fingerprint density at radius 1 is 1.19 bits per heavy atom. The van der Waals surface area contributed by atoms with E-state index in [9.17, 15) is 9.59 Å². The molecule has 0 atom stereocenters. The van der Waals surface area contributed by atoms with Crippen LogP contribution >= 0.6 is 0 Å². The van der Waals surface area contributed by atoms with E-state index in [4.69, 9.17) is 19.3 Å². The molecular weight excluding hydrogens is 402 g/mol. The minimum absolute atomic E-state index is 0.0194. The van der Waals surface area contributed by atoms with Gasteiger partial charge in [0.25, 0.3) is 5.91 Å². The van der Waals surface area contributed by atoms with E-state index in [0.717, 1.165) is 0 Å². The number of carbonyl (C=O) groups is 2. The van der Waals surface area contributed by atoms with Crippen LogP contribution in [0.15, 0.2) is 63.6 Å². The van der Waals surface area contributed by atoms with E-state index in [-0.39, 0.29) is 18.1 Å². The molecule has 31 heavy (non-hydrogen) atoms. The van der Waals surface area contributed by atoms with Gasteiger partial charge in [0, 0.05) is 20.2 Å². The van der Waals surface area contributed by atoms with E-state index < -0.39 is 5.97 Å². The van der Waals surface area contributed by atoms with Crippen molar-refractivity contribution in [2.24, 2.45) is 5.10 Å². The molecule has 0 fully saturated rings. The summed E-state index contributed by atoms with van der Waals surface area (Å²) < 4.78 is 5.66. The van der Waals surface area contributed by atoms with Crippen LogP contribution in [-0.2, 0) is 14.6 Å². The second-order valence-corrected chi connectivity index (χ2v) is 6.69. The third kappa shape index (κ3) is 5.27. The fourth-order valence-electron chi connectivity index (χ4n) is 2.74. The molecule has 0 spiro atoms.